The second kappa shape index (κ2) is 6.95. The maximum atomic E-state index is 13.1. The van der Waals surface area contributed by atoms with E-state index in [-0.39, 0.29) is 11.3 Å². The molecule has 2 heterocycles. The van der Waals surface area contributed by atoms with Crippen LogP contribution < -0.4 is 4.90 Å². The minimum Gasteiger partial charge on any atom is -0.359 e. The summed E-state index contributed by atoms with van der Waals surface area (Å²) in [6.07, 6.45) is -0.551. The van der Waals surface area contributed by atoms with Crippen molar-refractivity contribution in [2.24, 2.45) is 0 Å². The van der Waals surface area contributed by atoms with E-state index in [0.717, 1.165) is 10.0 Å². The Morgan fingerprint density at radius 2 is 1.80 bits per heavy atom. The number of benzene rings is 1. The lowest BCUT2D eigenvalue weighted by Gasteiger charge is -2.21. The molecule has 0 fully saturated rings. The van der Waals surface area contributed by atoms with Crippen molar-refractivity contribution in [3.05, 3.63) is 58.6 Å². The summed E-state index contributed by atoms with van der Waals surface area (Å²) in [5.74, 6) is -0.874. The highest BCUT2D eigenvalue weighted by Crippen LogP contribution is 2.32. The highest BCUT2D eigenvalue weighted by molar-refractivity contribution is 9.10. The Bertz CT molecular complexity index is 884. The smallest absolute Gasteiger partial charge is 0.359 e. The summed E-state index contributed by atoms with van der Waals surface area (Å²) in [4.78, 5) is 13.1. The molecule has 4 nitrogen and oxygen atoms in total. The lowest BCUT2D eigenvalue weighted by atomic mass is 10.2. The summed E-state index contributed by atoms with van der Waals surface area (Å²) >= 11 is 3.35. The molecule has 0 radical (unpaired) electrons. The maximum absolute atomic E-state index is 13.1. The number of hydrogen-bond donors (Lipinski definition) is 0. The van der Waals surface area contributed by atoms with E-state index in [9.17, 15) is 13.2 Å². The molecule has 8 heteroatoms. The van der Waals surface area contributed by atoms with Gasteiger partial charge in [-0.2, -0.15) is 13.2 Å². The minimum atomic E-state index is -4.60. The molecule has 0 amide bonds. The van der Waals surface area contributed by atoms with E-state index in [1.54, 1.807) is 42.5 Å². The lowest BCUT2D eigenvalue weighted by molar-refractivity contribution is -0.144. The van der Waals surface area contributed by atoms with Crippen LogP contribution in [0.5, 0.6) is 0 Å². The Morgan fingerprint density at radius 1 is 1.08 bits per heavy atom. The first-order valence-corrected chi connectivity index (χ1v) is 8.28. The predicted molar refractivity (Wildman–Crippen MR) is 93.5 cm³/mol. The predicted octanol–water partition coefficient (Wildman–Crippen LogP) is 4.49. The van der Waals surface area contributed by atoms with Gasteiger partial charge >= 0.3 is 6.18 Å². The van der Waals surface area contributed by atoms with Gasteiger partial charge in [-0.15, -0.1) is 0 Å². The zero-order valence-electron chi connectivity index (χ0n) is 13.3. The third kappa shape index (κ3) is 4.07. The van der Waals surface area contributed by atoms with Gasteiger partial charge in [-0.05, 0) is 42.3 Å². The van der Waals surface area contributed by atoms with Crippen molar-refractivity contribution in [1.82, 2.24) is 15.0 Å². The van der Waals surface area contributed by atoms with Crippen LogP contribution in [-0.4, -0.2) is 28.5 Å². The van der Waals surface area contributed by atoms with E-state index in [2.05, 4.69) is 30.9 Å². The van der Waals surface area contributed by atoms with Crippen molar-refractivity contribution in [2.45, 2.75) is 12.6 Å². The first-order valence-electron chi connectivity index (χ1n) is 7.49. The number of aromatic nitrogens is 3. The molecule has 0 aliphatic rings. The number of likely N-dealkylation sites (N-methyl/N-ethyl adjacent to an activating group) is 1. The summed E-state index contributed by atoms with van der Waals surface area (Å²) in [6, 6.07) is 8.70. The summed E-state index contributed by atoms with van der Waals surface area (Å²) in [5.41, 5.74) is 1.31. The number of hydrogen-bond acceptors (Lipinski definition) is 4. The van der Waals surface area contributed by atoms with Gasteiger partial charge in [0.25, 0.3) is 0 Å². The second-order valence-electron chi connectivity index (χ2n) is 5.56. The Hall–Kier alpha value is -2.22. The van der Waals surface area contributed by atoms with Crippen LogP contribution in [0.15, 0.2) is 47.2 Å². The normalized spacial score (nSPS) is 11.7. The van der Waals surface area contributed by atoms with E-state index < -0.39 is 12.0 Å². The van der Waals surface area contributed by atoms with Crippen molar-refractivity contribution >= 4 is 32.7 Å². The summed E-state index contributed by atoms with van der Waals surface area (Å²) < 4.78 is 40.1. The fourth-order valence-electron chi connectivity index (χ4n) is 2.45. The third-order valence-electron chi connectivity index (χ3n) is 3.74. The molecule has 0 saturated carbocycles. The number of nitrogens with zero attached hydrogens (tertiary/aromatic N) is 4. The van der Waals surface area contributed by atoms with E-state index in [4.69, 9.17) is 0 Å². The largest absolute Gasteiger partial charge is 0.451 e. The molecule has 130 valence electrons. The Kier molecular flexibility index (Phi) is 4.89. The number of alkyl halides is 3. The number of anilines is 1. The number of halogens is 4. The van der Waals surface area contributed by atoms with Crippen LogP contribution in [0.25, 0.3) is 10.9 Å². The van der Waals surface area contributed by atoms with Crippen LogP contribution in [0, 0.1) is 0 Å². The van der Waals surface area contributed by atoms with Crippen LogP contribution in [0.1, 0.15) is 11.4 Å². The van der Waals surface area contributed by atoms with E-state index >= 15 is 0 Å². The summed E-state index contributed by atoms with van der Waals surface area (Å²) in [5, 5.41) is 0.569. The van der Waals surface area contributed by atoms with Crippen molar-refractivity contribution in [3.63, 3.8) is 0 Å². The highest BCUT2D eigenvalue weighted by Gasteiger charge is 2.35. The van der Waals surface area contributed by atoms with Crippen LogP contribution in [0.2, 0.25) is 0 Å². The first kappa shape index (κ1) is 17.6. The van der Waals surface area contributed by atoms with Crippen molar-refractivity contribution in [3.8, 4) is 0 Å². The fraction of sp³-hybridized carbons (Fsp3) is 0.235. The highest BCUT2D eigenvalue weighted by atomic mass is 79.9. The van der Waals surface area contributed by atoms with Crippen molar-refractivity contribution in [2.75, 3.05) is 18.5 Å². The van der Waals surface area contributed by atoms with Gasteiger partial charge < -0.3 is 4.90 Å². The fourth-order valence-corrected chi connectivity index (χ4v) is 2.82. The monoisotopic (exact) mass is 410 g/mol. The standard InChI is InChI=1S/C17H14BrF3N4/c1-25(9-6-11-4-7-22-8-5-11)15-13-10-12(18)2-3-14(13)23-16(24-15)17(19,20)21/h2-5,7-8,10H,6,9H2,1H3. The average Bonchev–Trinajstić information content (AvgIpc) is 2.58. The summed E-state index contributed by atoms with van der Waals surface area (Å²) in [6.45, 7) is 0.514. The number of pyridine rings is 1. The molecular weight excluding hydrogens is 397 g/mol. The molecule has 0 aliphatic carbocycles. The maximum Gasteiger partial charge on any atom is 0.451 e. The molecule has 3 rings (SSSR count). The molecule has 0 unspecified atom stereocenters. The number of rotatable bonds is 4. The molecule has 0 spiro atoms. The molecule has 25 heavy (non-hydrogen) atoms. The second-order valence-corrected chi connectivity index (χ2v) is 6.47. The Balaban J connectivity index is 1.98. The quantitative estimate of drug-likeness (QED) is 0.635. The van der Waals surface area contributed by atoms with Crippen molar-refractivity contribution in [1.29, 1.82) is 0 Å². The Labute approximate surface area is 150 Å². The number of fused-ring (bicyclic) bond motifs is 1. The molecule has 2 aromatic heterocycles. The molecule has 3 aromatic rings. The topological polar surface area (TPSA) is 41.9 Å². The van der Waals surface area contributed by atoms with Gasteiger partial charge in [0.15, 0.2) is 0 Å². The zero-order valence-corrected chi connectivity index (χ0v) is 14.8. The SMILES string of the molecule is CN(CCc1ccncc1)c1nc(C(F)(F)F)nc2ccc(Br)cc12. The van der Waals surface area contributed by atoms with Gasteiger partial charge in [-0.25, -0.2) is 9.97 Å². The lowest BCUT2D eigenvalue weighted by Crippen LogP contribution is -2.24. The van der Waals surface area contributed by atoms with Gasteiger partial charge in [0.1, 0.15) is 5.82 Å². The first-order chi connectivity index (χ1) is 11.8. The van der Waals surface area contributed by atoms with Crippen LogP contribution in [0.4, 0.5) is 19.0 Å². The van der Waals surface area contributed by atoms with Gasteiger partial charge in [0.05, 0.1) is 5.52 Å². The van der Waals surface area contributed by atoms with Gasteiger partial charge in [-0.1, -0.05) is 15.9 Å². The minimum absolute atomic E-state index is 0.257. The third-order valence-corrected chi connectivity index (χ3v) is 4.23. The average molecular weight is 411 g/mol. The zero-order chi connectivity index (χ0) is 18.0. The van der Waals surface area contributed by atoms with Gasteiger partial charge in [0, 0.05) is 35.8 Å². The van der Waals surface area contributed by atoms with Crippen LogP contribution in [0.3, 0.4) is 0 Å². The molecule has 1 aromatic carbocycles. The van der Waals surface area contributed by atoms with Crippen LogP contribution in [-0.2, 0) is 12.6 Å². The molecule has 0 atom stereocenters. The molecule has 0 saturated heterocycles. The van der Waals surface area contributed by atoms with E-state index in [1.165, 1.54) is 0 Å². The van der Waals surface area contributed by atoms with E-state index in [1.807, 2.05) is 12.1 Å². The molecule has 0 aliphatic heterocycles. The summed E-state index contributed by atoms with van der Waals surface area (Å²) in [7, 11) is 1.73. The molecular formula is C17H14BrF3N4. The van der Waals surface area contributed by atoms with Gasteiger partial charge in [0.2, 0.25) is 5.82 Å². The Morgan fingerprint density at radius 3 is 2.48 bits per heavy atom. The van der Waals surface area contributed by atoms with Gasteiger partial charge in [-0.3, -0.25) is 4.98 Å². The molecule has 0 N–H and O–H groups in total. The van der Waals surface area contributed by atoms with Crippen molar-refractivity contribution < 1.29 is 13.2 Å². The van der Waals surface area contributed by atoms with E-state index in [0.29, 0.717) is 18.4 Å². The van der Waals surface area contributed by atoms with Crippen LogP contribution >= 0.6 is 15.9 Å². The molecule has 0 bridgehead atoms.